The predicted molar refractivity (Wildman–Crippen MR) is 51.9 cm³/mol. The lowest BCUT2D eigenvalue weighted by Gasteiger charge is -2.38. The second kappa shape index (κ2) is 3.22. The fourth-order valence-corrected chi connectivity index (χ4v) is 2.80. The largest absolute Gasteiger partial charge is 0.458 e. The average Bonchev–Trinajstić information content (AvgIpc) is 2.26. The summed E-state index contributed by atoms with van der Waals surface area (Å²) < 4.78 is 10.7. The van der Waals surface area contributed by atoms with E-state index < -0.39 is 5.60 Å². The molecule has 0 spiro atoms. The highest BCUT2D eigenvalue weighted by atomic mass is 16.6. The number of ether oxygens (including phenoxy) is 2. The highest BCUT2D eigenvalue weighted by Gasteiger charge is 2.58. The van der Waals surface area contributed by atoms with Crippen molar-refractivity contribution in [1.29, 1.82) is 0 Å². The molecule has 4 heteroatoms. The molecular formula is C11H16O4. The molecular weight excluding hydrogens is 196 g/mol. The molecule has 2 aliphatic rings. The molecule has 4 atom stereocenters. The van der Waals surface area contributed by atoms with E-state index in [9.17, 15) is 9.59 Å². The maximum absolute atomic E-state index is 11.3. The molecule has 1 saturated heterocycles. The lowest BCUT2D eigenvalue weighted by atomic mass is 9.89. The van der Waals surface area contributed by atoms with Crippen LogP contribution in [0.25, 0.3) is 0 Å². The van der Waals surface area contributed by atoms with E-state index in [0.29, 0.717) is 6.42 Å². The number of hydrogen-bond acceptors (Lipinski definition) is 4. The van der Waals surface area contributed by atoms with E-state index in [1.807, 2.05) is 13.8 Å². The third-order valence-corrected chi connectivity index (χ3v) is 3.68. The van der Waals surface area contributed by atoms with E-state index in [1.165, 1.54) is 6.92 Å². The Labute approximate surface area is 88.9 Å². The van der Waals surface area contributed by atoms with E-state index in [1.54, 1.807) is 0 Å². The summed E-state index contributed by atoms with van der Waals surface area (Å²) in [5.74, 6) is -0.0908. The molecule has 1 aliphatic heterocycles. The molecule has 0 amide bonds. The molecule has 0 radical (unpaired) electrons. The Hall–Kier alpha value is -1.06. The number of rotatable bonds is 1. The van der Waals surface area contributed by atoms with E-state index in [0.717, 1.165) is 6.42 Å². The minimum absolute atomic E-state index is 0.134. The maximum atomic E-state index is 11.3. The maximum Gasteiger partial charge on any atom is 0.306 e. The SMILES string of the molecule is CC(=O)OC1C2CC(=O)OC1(C)C(C)C2. The van der Waals surface area contributed by atoms with E-state index >= 15 is 0 Å². The van der Waals surface area contributed by atoms with Crippen molar-refractivity contribution in [1.82, 2.24) is 0 Å². The van der Waals surface area contributed by atoms with Gasteiger partial charge in [0.1, 0.15) is 11.7 Å². The van der Waals surface area contributed by atoms with Gasteiger partial charge in [0.05, 0.1) is 6.42 Å². The monoisotopic (exact) mass is 212 g/mol. The van der Waals surface area contributed by atoms with Crippen LogP contribution in [0.3, 0.4) is 0 Å². The first-order chi connectivity index (χ1) is 6.93. The standard InChI is InChI=1S/C11H16O4/c1-6-4-8-5-9(13)15-11(6,3)10(8)14-7(2)12/h6,8,10H,4-5H2,1-3H3. The van der Waals surface area contributed by atoms with Crippen molar-refractivity contribution in [2.75, 3.05) is 0 Å². The summed E-state index contributed by atoms with van der Waals surface area (Å²) in [6.45, 7) is 5.29. The number of fused-ring (bicyclic) bond motifs is 2. The fraction of sp³-hybridized carbons (Fsp3) is 0.818. The lowest BCUT2D eigenvalue weighted by molar-refractivity contribution is -0.197. The van der Waals surface area contributed by atoms with Gasteiger partial charge in [0.2, 0.25) is 0 Å². The third kappa shape index (κ3) is 1.52. The number of carbonyl (C=O) groups excluding carboxylic acids is 2. The molecule has 84 valence electrons. The van der Waals surface area contributed by atoms with E-state index in [2.05, 4.69) is 0 Å². The number of hydrogen-bond donors (Lipinski definition) is 0. The molecule has 1 saturated carbocycles. The molecule has 2 fully saturated rings. The van der Waals surface area contributed by atoms with Gasteiger partial charge in [-0.05, 0) is 19.3 Å². The quantitative estimate of drug-likeness (QED) is 0.614. The van der Waals surface area contributed by atoms with Crippen LogP contribution in [0.5, 0.6) is 0 Å². The molecule has 1 heterocycles. The van der Waals surface area contributed by atoms with Crippen LogP contribution in [0.2, 0.25) is 0 Å². The van der Waals surface area contributed by atoms with Crippen LogP contribution in [-0.2, 0) is 19.1 Å². The fourth-order valence-electron chi connectivity index (χ4n) is 2.80. The van der Waals surface area contributed by atoms with Gasteiger partial charge in [0.25, 0.3) is 0 Å². The first-order valence-corrected chi connectivity index (χ1v) is 5.32. The first kappa shape index (κ1) is 10.5. The Bertz CT molecular complexity index is 312. The molecule has 4 unspecified atom stereocenters. The van der Waals surface area contributed by atoms with Gasteiger partial charge in [0.15, 0.2) is 0 Å². The van der Waals surface area contributed by atoms with Gasteiger partial charge in [-0.15, -0.1) is 0 Å². The summed E-state index contributed by atoms with van der Waals surface area (Å²) in [5.41, 5.74) is -0.619. The van der Waals surface area contributed by atoms with Crippen molar-refractivity contribution in [2.45, 2.75) is 45.3 Å². The molecule has 0 aromatic rings. The predicted octanol–water partition coefficient (Wildman–Crippen LogP) is 1.28. The number of esters is 2. The highest BCUT2D eigenvalue weighted by molar-refractivity contribution is 5.73. The topological polar surface area (TPSA) is 52.6 Å². The van der Waals surface area contributed by atoms with Crippen LogP contribution in [-0.4, -0.2) is 23.6 Å². The summed E-state index contributed by atoms with van der Waals surface area (Å²) in [6, 6.07) is 0. The van der Waals surface area contributed by atoms with Gasteiger partial charge >= 0.3 is 11.9 Å². The smallest absolute Gasteiger partial charge is 0.306 e. The van der Waals surface area contributed by atoms with Crippen LogP contribution >= 0.6 is 0 Å². The van der Waals surface area contributed by atoms with E-state index in [-0.39, 0.29) is 29.9 Å². The summed E-state index contributed by atoms with van der Waals surface area (Å²) in [4.78, 5) is 22.3. The Morgan fingerprint density at radius 1 is 1.60 bits per heavy atom. The normalized spacial score (nSPS) is 43.7. The van der Waals surface area contributed by atoms with Crippen molar-refractivity contribution >= 4 is 11.9 Å². The van der Waals surface area contributed by atoms with Crippen LogP contribution in [0.4, 0.5) is 0 Å². The van der Waals surface area contributed by atoms with Crippen molar-refractivity contribution in [3.05, 3.63) is 0 Å². The molecule has 2 bridgehead atoms. The minimum atomic E-state index is -0.619. The zero-order valence-corrected chi connectivity index (χ0v) is 9.28. The summed E-state index contributed by atoms with van der Waals surface area (Å²) >= 11 is 0. The Kier molecular flexibility index (Phi) is 2.24. The first-order valence-electron chi connectivity index (χ1n) is 5.32. The molecule has 0 aromatic heterocycles. The molecule has 4 nitrogen and oxygen atoms in total. The molecule has 1 aliphatic carbocycles. The second-order valence-corrected chi connectivity index (χ2v) is 4.79. The van der Waals surface area contributed by atoms with Crippen molar-refractivity contribution < 1.29 is 19.1 Å². The van der Waals surface area contributed by atoms with Gasteiger partial charge in [-0.2, -0.15) is 0 Å². The zero-order valence-electron chi connectivity index (χ0n) is 9.28. The number of carbonyl (C=O) groups is 2. The lowest BCUT2D eigenvalue weighted by Crippen LogP contribution is -2.50. The van der Waals surface area contributed by atoms with Gasteiger partial charge in [-0.3, -0.25) is 9.59 Å². The van der Waals surface area contributed by atoms with E-state index in [4.69, 9.17) is 9.47 Å². The molecule has 0 N–H and O–H groups in total. The van der Waals surface area contributed by atoms with Crippen molar-refractivity contribution in [3.8, 4) is 0 Å². The second-order valence-electron chi connectivity index (χ2n) is 4.79. The Morgan fingerprint density at radius 3 is 2.80 bits per heavy atom. The van der Waals surface area contributed by atoms with Crippen LogP contribution in [0, 0.1) is 11.8 Å². The zero-order chi connectivity index (χ0) is 11.2. The minimum Gasteiger partial charge on any atom is -0.458 e. The van der Waals surface area contributed by atoms with Gasteiger partial charge in [-0.1, -0.05) is 6.92 Å². The molecule has 15 heavy (non-hydrogen) atoms. The summed E-state index contributed by atoms with van der Waals surface area (Å²) in [6.07, 6.45) is 1.00. The molecule has 0 aromatic carbocycles. The van der Waals surface area contributed by atoms with Crippen LogP contribution < -0.4 is 0 Å². The highest BCUT2D eigenvalue weighted by Crippen LogP contribution is 2.49. The van der Waals surface area contributed by atoms with Crippen LogP contribution in [0.15, 0.2) is 0 Å². The Balaban J connectivity index is 2.25. The Morgan fingerprint density at radius 2 is 2.27 bits per heavy atom. The van der Waals surface area contributed by atoms with Crippen molar-refractivity contribution in [2.24, 2.45) is 11.8 Å². The van der Waals surface area contributed by atoms with Gasteiger partial charge < -0.3 is 9.47 Å². The molecule has 2 rings (SSSR count). The third-order valence-electron chi connectivity index (χ3n) is 3.68. The summed E-state index contributed by atoms with van der Waals surface area (Å²) in [5, 5.41) is 0. The summed E-state index contributed by atoms with van der Waals surface area (Å²) in [7, 11) is 0. The van der Waals surface area contributed by atoms with Gasteiger partial charge in [0, 0.05) is 12.8 Å². The van der Waals surface area contributed by atoms with Crippen LogP contribution in [0.1, 0.15) is 33.6 Å². The van der Waals surface area contributed by atoms with Crippen molar-refractivity contribution in [3.63, 3.8) is 0 Å². The average molecular weight is 212 g/mol. The van der Waals surface area contributed by atoms with Gasteiger partial charge in [-0.25, -0.2) is 0 Å².